The van der Waals surface area contributed by atoms with Gasteiger partial charge in [-0.25, -0.2) is 0 Å². The van der Waals surface area contributed by atoms with Gasteiger partial charge in [0.2, 0.25) is 0 Å². The van der Waals surface area contributed by atoms with Gasteiger partial charge in [-0.3, -0.25) is 0 Å². The van der Waals surface area contributed by atoms with Crippen LogP contribution in [0.25, 0.3) is 10.9 Å². The predicted octanol–water partition coefficient (Wildman–Crippen LogP) is 5.72. The Morgan fingerprint density at radius 2 is 1.77 bits per heavy atom. The van der Waals surface area contributed by atoms with Crippen LogP contribution in [0.4, 0.5) is 0 Å². The first-order chi connectivity index (χ1) is 14.6. The molecule has 1 saturated carbocycles. The third kappa shape index (κ3) is 3.18. The fraction of sp³-hybridized carbons (Fsp3) is 0.462. The second kappa shape index (κ2) is 7.66. The molecule has 5 rings (SSSR count). The Morgan fingerprint density at radius 3 is 2.57 bits per heavy atom. The molecule has 0 saturated heterocycles. The lowest BCUT2D eigenvalue weighted by Gasteiger charge is -2.41. The molecule has 1 aromatic heterocycles. The Labute approximate surface area is 179 Å². The van der Waals surface area contributed by atoms with Crippen molar-refractivity contribution in [1.29, 1.82) is 0 Å². The first-order valence-electron chi connectivity index (χ1n) is 11.2. The number of aromatic nitrogens is 1. The molecule has 2 aromatic carbocycles. The van der Waals surface area contributed by atoms with Gasteiger partial charge in [0.15, 0.2) is 11.5 Å². The first-order valence-corrected chi connectivity index (χ1v) is 11.2. The zero-order valence-electron chi connectivity index (χ0n) is 18.5. The van der Waals surface area contributed by atoms with E-state index >= 15 is 0 Å². The smallest absolute Gasteiger partial charge is 0.160 e. The molecule has 2 heterocycles. The van der Waals surface area contributed by atoms with Crippen LogP contribution in [0.15, 0.2) is 30.3 Å². The van der Waals surface area contributed by atoms with Gasteiger partial charge in [0.05, 0.1) is 20.3 Å². The molecule has 4 heteroatoms. The molecule has 3 atom stereocenters. The van der Waals surface area contributed by atoms with Gasteiger partial charge in [0.25, 0.3) is 0 Å². The monoisotopic (exact) mass is 404 g/mol. The Balaban J connectivity index is 1.60. The lowest BCUT2D eigenvalue weighted by molar-refractivity contribution is 0.274. The van der Waals surface area contributed by atoms with E-state index in [0.29, 0.717) is 12.0 Å². The molecule has 1 aliphatic heterocycles. The van der Waals surface area contributed by atoms with Gasteiger partial charge in [-0.05, 0) is 68.0 Å². The van der Waals surface area contributed by atoms with Crippen molar-refractivity contribution < 1.29 is 9.47 Å². The van der Waals surface area contributed by atoms with Gasteiger partial charge in [0.1, 0.15) is 0 Å². The molecule has 3 aromatic rings. The summed E-state index contributed by atoms with van der Waals surface area (Å²) in [6, 6.07) is 11.8. The largest absolute Gasteiger partial charge is 0.493 e. The summed E-state index contributed by atoms with van der Waals surface area (Å²) in [6.07, 6.45) is 6.15. The van der Waals surface area contributed by atoms with Crippen molar-refractivity contribution in [2.75, 3.05) is 14.2 Å². The van der Waals surface area contributed by atoms with E-state index < -0.39 is 0 Å². The number of fused-ring (bicyclic) bond motifs is 5. The molecule has 1 fully saturated rings. The van der Waals surface area contributed by atoms with E-state index in [2.05, 4.69) is 48.4 Å². The van der Waals surface area contributed by atoms with Gasteiger partial charge in [-0.15, -0.1) is 0 Å². The molecule has 2 aliphatic rings. The number of H-pyrrole nitrogens is 1. The van der Waals surface area contributed by atoms with Crippen molar-refractivity contribution in [2.45, 2.75) is 64.0 Å². The summed E-state index contributed by atoms with van der Waals surface area (Å²) in [4.78, 5) is 3.85. The molecule has 30 heavy (non-hydrogen) atoms. The van der Waals surface area contributed by atoms with Crippen molar-refractivity contribution in [3.63, 3.8) is 0 Å². The summed E-state index contributed by atoms with van der Waals surface area (Å²) in [6.45, 7) is 4.44. The second-order valence-electron chi connectivity index (χ2n) is 9.07. The zero-order valence-corrected chi connectivity index (χ0v) is 18.5. The lowest BCUT2D eigenvalue weighted by atomic mass is 9.74. The molecule has 3 unspecified atom stereocenters. The van der Waals surface area contributed by atoms with Crippen LogP contribution in [0.5, 0.6) is 11.5 Å². The quantitative estimate of drug-likeness (QED) is 0.585. The van der Waals surface area contributed by atoms with Gasteiger partial charge in [-0.2, -0.15) is 0 Å². The summed E-state index contributed by atoms with van der Waals surface area (Å²) in [5.41, 5.74) is 8.23. The van der Waals surface area contributed by atoms with E-state index in [9.17, 15) is 0 Å². The van der Waals surface area contributed by atoms with Gasteiger partial charge in [-0.1, -0.05) is 30.5 Å². The fourth-order valence-electron chi connectivity index (χ4n) is 5.79. The molecular weight excluding hydrogens is 372 g/mol. The summed E-state index contributed by atoms with van der Waals surface area (Å²) >= 11 is 0. The summed E-state index contributed by atoms with van der Waals surface area (Å²) in [7, 11) is 3.39. The Hall–Kier alpha value is -2.46. The number of aromatic amines is 1. The normalized spacial score (nSPS) is 23.1. The van der Waals surface area contributed by atoms with E-state index in [1.54, 1.807) is 19.8 Å². The predicted molar refractivity (Wildman–Crippen MR) is 122 cm³/mol. The number of aryl methyl sites for hydroxylation is 2. The zero-order chi connectivity index (χ0) is 20.8. The molecule has 2 N–H and O–H groups in total. The number of methoxy groups -OCH3 is 2. The maximum atomic E-state index is 5.55. The fourth-order valence-corrected chi connectivity index (χ4v) is 5.79. The van der Waals surface area contributed by atoms with Crippen molar-refractivity contribution in [3.8, 4) is 11.5 Å². The van der Waals surface area contributed by atoms with Crippen LogP contribution in [-0.4, -0.2) is 25.2 Å². The van der Waals surface area contributed by atoms with Gasteiger partial charge in [0, 0.05) is 28.6 Å². The minimum absolute atomic E-state index is 0.282. The van der Waals surface area contributed by atoms with Gasteiger partial charge >= 0.3 is 0 Å². The van der Waals surface area contributed by atoms with Crippen LogP contribution in [0.1, 0.15) is 65.6 Å². The van der Waals surface area contributed by atoms with Crippen molar-refractivity contribution in [2.24, 2.45) is 0 Å². The second-order valence-corrected chi connectivity index (χ2v) is 9.07. The van der Waals surface area contributed by atoms with Gasteiger partial charge < -0.3 is 19.8 Å². The van der Waals surface area contributed by atoms with Crippen LogP contribution in [0.3, 0.4) is 0 Å². The third-order valence-electron chi connectivity index (χ3n) is 7.11. The van der Waals surface area contributed by atoms with E-state index in [0.717, 1.165) is 17.9 Å². The number of rotatable bonds is 4. The maximum absolute atomic E-state index is 5.55. The minimum Gasteiger partial charge on any atom is -0.493 e. The van der Waals surface area contributed by atoms with E-state index in [1.807, 2.05) is 6.07 Å². The Bertz CT molecular complexity index is 1080. The first kappa shape index (κ1) is 19.5. The minimum atomic E-state index is 0.282. The Kier molecular flexibility index (Phi) is 4.98. The van der Waals surface area contributed by atoms with Crippen molar-refractivity contribution in [3.05, 3.63) is 58.3 Å². The highest BCUT2D eigenvalue weighted by Gasteiger charge is 2.38. The molecule has 158 valence electrons. The average molecular weight is 405 g/mol. The topological polar surface area (TPSA) is 46.3 Å². The van der Waals surface area contributed by atoms with Crippen molar-refractivity contribution >= 4 is 10.9 Å². The molecule has 0 radical (unpaired) electrons. The Morgan fingerprint density at radius 1 is 0.967 bits per heavy atom. The van der Waals surface area contributed by atoms with E-state index in [4.69, 9.17) is 9.47 Å². The SMILES string of the molecule is COc1ccc(CC2NC3CCCCC3c3c2[nH]c2c(C)cc(C)cc32)cc1OC. The molecular formula is C26H32N2O2. The standard InChI is InChI=1S/C26H32N2O2/c1-15-11-16(2)25-19(12-15)24-18-7-5-6-8-20(18)27-21(26(24)28-25)13-17-9-10-22(29-3)23(14-17)30-4/h9-12,14,18,20-21,27-28H,5-8,13H2,1-4H3. The molecule has 0 amide bonds. The number of hydrogen-bond donors (Lipinski definition) is 2. The summed E-state index contributed by atoms with van der Waals surface area (Å²) in [5, 5.41) is 5.46. The van der Waals surface area contributed by atoms with E-state index in [-0.39, 0.29) is 6.04 Å². The number of nitrogens with one attached hydrogen (secondary N) is 2. The van der Waals surface area contributed by atoms with E-state index in [1.165, 1.54) is 59.0 Å². The van der Waals surface area contributed by atoms with Crippen molar-refractivity contribution in [1.82, 2.24) is 10.3 Å². The third-order valence-corrected chi connectivity index (χ3v) is 7.11. The molecule has 1 aliphatic carbocycles. The van der Waals surface area contributed by atoms with Crippen LogP contribution in [-0.2, 0) is 6.42 Å². The molecule has 0 bridgehead atoms. The molecule has 0 spiro atoms. The highest BCUT2D eigenvalue weighted by atomic mass is 16.5. The van der Waals surface area contributed by atoms with Crippen LogP contribution in [0.2, 0.25) is 0 Å². The number of benzene rings is 2. The highest BCUT2D eigenvalue weighted by molar-refractivity contribution is 5.89. The number of hydrogen-bond acceptors (Lipinski definition) is 3. The maximum Gasteiger partial charge on any atom is 0.160 e. The summed E-state index contributed by atoms with van der Waals surface area (Å²) < 4.78 is 11.0. The summed E-state index contributed by atoms with van der Waals surface area (Å²) in [5.74, 6) is 2.19. The average Bonchev–Trinajstić information content (AvgIpc) is 3.14. The lowest BCUT2D eigenvalue weighted by Crippen LogP contribution is -2.44. The molecule has 4 nitrogen and oxygen atoms in total. The van der Waals surface area contributed by atoms with Crippen LogP contribution < -0.4 is 14.8 Å². The van der Waals surface area contributed by atoms with Crippen LogP contribution >= 0.6 is 0 Å². The highest BCUT2D eigenvalue weighted by Crippen LogP contribution is 2.46. The van der Waals surface area contributed by atoms with Crippen LogP contribution in [0, 0.1) is 13.8 Å². The number of ether oxygens (including phenoxy) is 2.